The first-order valence-electron chi connectivity index (χ1n) is 5.39. The van der Waals surface area contributed by atoms with Crippen LogP contribution in [-0.4, -0.2) is 11.2 Å². The molecule has 0 bridgehead atoms. The fraction of sp³-hybridized carbons (Fsp3) is 1.00. The van der Waals surface area contributed by atoms with Crippen molar-refractivity contribution in [3.05, 3.63) is 0 Å². The predicted molar refractivity (Wildman–Crippen MR) is 52.1 cm³/mol. The van der Waals surface area contributed by atoms with Crippen molar-refractivity contribution >= 4 is 0 Å². The van der Waals surface area contributed by atoms with E-state index in [1.165, 1.54) is 44.9 Å². The van der Waals surface area contributed by atoms with Crippen molar-refractivity contribution in [3.63, 3.8) is 0 Å². The van der Waals surface area contributed by atoms with Crippen LogP contribution in [0.5, 0.6) is 0 Å². The Bertz CT molecular complexity index is 125. The molecule has 0 aromatic heterocycles. The van der Waals surface area contributed by atoms with Crippen LogP contribution in [0.2, 0.25) is 0 Å². The van der Waals surface area contributed by atoms with Gasteiger partial charge in [0, 0.05) is 0 Å². The molecule has 1 N–H and O–H groups in total. The Hall–Kier alpha value is -0.0400. The van der Waals surface area contributed by atoms with Gasteiger partial charge in [0.05, 0.1) is 6.10 Å². The zero-order valence-electron chi connectivity index (χ0n) is 8.47. The van der Waals surface area contributed by atoms with Gasteiger partial charge < -0.3 is 5.11 Å². The maximum Gasteiger partial charge on any atom is 0.0568 e. The van der Waals surface area contributed by atoms with Crippen LogP contribution < -0.4 is 0 Å². The molecular formula is C11H22O. The van der Waals surface area contributed by atoms with E-state index in [-0.39, 0.29) is 6.10 Å². The molecule has 72 valence electrons. The van der Waals surface area contributed by atoms with E-state index in [1.807, 2.05) is 6.92 Å². The Kier molecular flexibility index (Phi) is 3.57. The summed E-state index contributed by atoms with van der Waals surface area (Å²) in [6, 6.07) is 0. The lowest BCUT2D eigenvalue weighted by Gasteiger charge is -2.44. The summed E-state index contributed by atoms with van der Waals surface area (Å²) in [5.41, 5.74) is 0.329. The predicted octanol–water partition coefficient (Wildman–Crippen LogP) is 3.12. The summed E-state index contributed by atoms with van der Waals surface area (Å²) in [6.45, 7) is 4.20. The molecule has 0 radical (unpaired) electrons. The highest BCUT2D eigenvalue weighted by Gasteiger charge is 2.40. The number of aliphatic hydroxyl groups is 1. The minimum atomic E-state index is -0.0805. The Balaban J connectivity index is 2.25. The molecule has 0 amide bonds. The summed E-state index contributed by atoms with van der Waals surface area (Å²) in [5.74, 6) is 0. The molecule has 1 rings (SSSR count). The van der Waals surface area contributed by atoms with Gasteiger partial charge in [-0.1, -0.05) is 32.6 Å². The first kappa shape index (κ1) is 10.0. The summed E-state index contributed by atoms with van der Waals surface area (Å²) >= 11 is 0. The van der Waals surface area contributed by atoms with Gasteiger partial charge in [-0.15, -0.1) is 0 Å². The van der Waals surface area contributed by atoms with Gasteiger partial charge in [0.2, 0.25) is 0 Å². The van der Waals surface area contributed by atoms with Gasteiger partial charge in [-0.25, -0.2) is 0 Å². The van der Waals surface area contributed by atoms with Crippen LogP contribution in [0.25, 0.3) is 0 Å². The monoisotopic (exact) mass is 170 g/mol. The summed E-state index contributed by atoms with van der Waals surface area (Å²) in [4.78, 5) is 0. The number of hydrogen-bond acceptors (Lipinski definition) is 1. The molecule has 0 aromatic carbocycles. The summed E-state index contributed by atoms with van der Waals surface area (Å²) < 4.78 is 0. The number of unbranched alkanes of at least 4 members (excludes halogenated alkanes) is 2. The second-order valence-electron chi connectivity index (χ2n) is 4.35. The zero-order valence-corrected chi connectivity index (χ0v) is 8.47. The number of aliphatic hydroxyl groups excluding tert-OH is 1. The van der Waals surface area contributed by atoms with Crippen LogP contribution in [0.1, 0.15) is 58.8 Å². The van der Waals surface area contributed by atoms with Crippen molar-refractivity contribution < 1.29 is 5.11 Å². The Labute approximate surface area is 76.2 Å². The van der Waals surface area contributed by atoms with Crippen molar-refractivity contribution in [2.24, 2.45) is 5.41 Å². The minimum Gasteiger partial charge on any atom is -0.393 e. The normalized spacial score (nSPS) is 23.2. The first-order chi connectivity index (χ1) is 5.71. The number of hydrogen-bond donors (Lipinski definition) is 1. The molecule has 0 spiro atoms. The fourth-order valence-corrected chi connectivity index (χ4v) is 2.23. The van der Waals surface area contributed by atoms with E-state index in [0.717, 1.165) is 0 Å². The van der Waals surface area contributed by atoms with Crippen molar-refractivity contribution in [1.82, 2.24) is 0 Å². The van der Waals surface area contributed by atoms with Gasteiger partial charge in [0.15, 0.2) is 0 Å². The standard InChI is InChI=1S/C11H22O/c1-3-4-5-7-11(10(2)12)8-6-9-11/h10,12H,3-9H2,1-2H3. The topological polar surface area (TPSA) is 20.2 Å². The number of rotatable bonds is 5. The highest BCUT2D eigenvalue weighted by atomic mass is 16.3. The van der Waals surface area contributed by atoms with Crippen LogP contribution in [-0.2, 0) is 0 Å². The Morgan fingerprint density at radius 3 is 2.33 bits per heavy atom. The maximum atomic E-state index is 9.62. The van der Waals surface area contributed by atoms with Gasteiger partial charge in [-0.05, 0) is 31.6 Å². The molecule has 0 heterocycles. The fourth-order valence-electron chi connectivity index (χ4n) is 2.23. The maximum absolute atomic E-state index is 9.62. The molecule has 0 saturated heterocycles. The smallest absolute Gasteiger partial charge is 0.0568 e. The van der Waals surface area contributed by atoms with Crippen molar-refractivity contribution in [3.8, 4) is 0 Å². The lowest BCUT2D eigenvalue weighted by Crippen LogP contribution is -2.39. The molecule has 1 heteroatoms. The van der Waals surface area contributed by atoms with Gasteiger partial charge in [-0.2, -0.15) is 0 Å². The van der Waals surface area contributed by atoms with E-state index in [0.29, 0.717) is 5.41 Å². The molecule has 0 aromatic rings. The second-order valence-corrected chi connectivity index (χ2v) is 4.35. The van der Waals surface area contributed by atoms with Crippen LogP contribution in [0.4, 0.5) is 0 Å². The zero-order chi connectivity index (χ0) is 9.03. The first-order valence-corrected chi connectivity index (χ1v) is 5.39. The SMILES string of the molecule is CCCCCC1(C(C)O)CCC1. The van der Waals surface area contributed by atoms with E-state index >= 15 is 0 Å². The van der Waals surface area contributed by atoms with Crippen LogP contribution in [0.15, 0.2) is 0 Å². The van der Waals surface area contributed by atoms with Crippen molar-refractivity contribution in [1.29, 1.82) is 0 Å². The molecular weight excluding hydrogens is 148 g/mol. The van der Waals surface area contributed by atoms with E-state index in [1.54, 1.807) is 0 Å². The van der Waals surface area contributed by atoms with E-state index in [9.17, 15) is 5.11 Å². The average molecular weight is 170 g/mol. The van der Waals surface area contributed by atoms with Crippen LogP contribution in [0, 0.1) is 5.41 Å². The second kappa shape index (κ2) is 4.27. The molecule has 1 aliphatic carbocycles. The van der Waals surface area contributed by atoms with Gasteiger partial charge in [-0.3, -0.25) is 0 Å². The van der Waals surface area contributed by atoms with Crippen LogP contribution >= 0.6 is 0 Å². The third-order valence-corrected chi connectivity index (χ3v) is 3.51. The lowest BCUT2D eigenvalue weighted by atomic mass is 9.63. The molecule has 12 heavy (non-hydrogen) atoms. The van der Waals surface area contributed by atoms with Crippen molar-refractivity contribution in [2.45, 2.75) is 64.9 Å². The highest BCUT2D eigenvalue weighted by molar-refractivity contribution is 4.91. The van der Waals surface area contributed by atoms with Crippen LogP contribution in [0.3, 0.4) is 0 Å². The largest absolute Gasteiger partial charge is 0.393 e. The van der Waals surface area contributed by atoms with E-state index in [4.69, 9.17) is 0 Å². The summed E-state index contributed by atoms with van der Waals surface area (Å²) in [6.07, 6.45) is 8.94. The van der Waals surface area contributed by atoms with E-state index < -0.39 is 0 Å². The quantitative estimate of drug-likeness (QED) is 0.628. The minimum absolute atomic E-state index is 0.0805. The lowest BCUT2D eigenvalue weighted by molar-refractivity contribution is -0.0313. The molecule has 1 unspecified atom stereocenters. The summed E-state index contributed by atoms with van der Waals surface area (Å²) in [5, 5.41) is 9.62. The van der Waals surface area contributed by atoms with Gasteiger partial charge in [0.25, 0.3) is 0 Å². The third kappa shape index (κ3) is 2.01. The molecule has 1 aliphatic rings. The molecule has 0 aliphatic heterocycles. The summed E-state index contributed by atoms with van der Waals surface area (Å²) in [7, 11) is 0. The molecule has 1 saturated carbocycles. The van der Waals surface area contributed by atoms with Crippen molar-refractivity contribution in [2.75, 3.05) is 0 Å². The molecule has 1 fully saturated rings. The highest BCUT2D eigenvalue weighted by Crippen LogP contribution is 2.47. The Morgan fingerprint density at radius 2 is 2.00 bits per heavy atom. The Morgan fingerprint density at radius 1 is 1.33 bits per heavy atom. The third-order valence-electron chi connectivity index (χ3n) is 3.51. The molecule has 1 nitrogen and oxygen atoms in total. The van der Waals surface area contributed by atoms with E-state index in [2.05, 4.69) is 6.92 Å². The molecule has 1 atom stereocenters. The average Bonchev–Trinajstić information content (AvgIpc) is 1.94. The van der Waals surface area contributed by atoms with Gasteiger partial charge >= 0.3 is 0 Å². The van der Waals surface area contributed by atoms with Gasteiger partial charge in [0.1, 0.15) is 0 Å².